The van der Waals surface area contributed by atoms with E-state index in [-0.39, 0.29) is 12.6 Å². The predicted molar refractivity (Wildman–Crippen MR) is 47.6 cm³/mol. The van der Waals surface area contributed by atoms with E-state index >= 15 is 0 Å². The van der Waals surface area contributed by atoms with Crippen molar-refractivity contribution < 1.29 is 19.0 Å². The minimum atomic E-state index is -0.366. The van der Waals surface area contributed by atoms with Gasteiger partial charge in [0.2, 0.25) is 0 Å². The van der Waals surface area contributed by atoms with Crippen LogP contribution in [0.2, 0.25) is 0 Å². The Morgan fingerprint density at radius 1 is 1.23 bits per heavy atom. The maximum absolute atomic E-state index is 10.5. The highest BCUT2D eigenvalue weighted by atomic mass is 16.6. The Kier molecular flexibility index (Phi) is 8.97. The molecule has 0 unspecified atom stereocenters. The van der Waals surface area contributed by atoms with E-state index in [1.165, 1.54) is 7.11 Å². The first-order valence-corrected chi connectivity index (χ1v) is 4.18. The van der Waals surface area contributed by atoms with Crippen molar-refractivity contribution >= 4 is 5.97 Å². The molecular formula is C8H17NO4. The molecule has 0 heterocycles. The van der Waals surface area contributed by atoms with E-state index in [0.717, 1.165) is 6.54 Å². The van der Waals surface area contributed by atoms with Gasteiger partial charge in [-0.15, -0.1) is 0 Å². The van der Waals surface area contributed by atoms with E-state index in [1.54, 1.807) is 0 Å². The topological polar surface area (TPSA) is 56.8 Å². The van der Waals surface area contributed by atoms with Crippen molar-refractivity contribution in [2.24, 2.45) is 0 Å². The Morgan fingerprint density at radius 3 is 2.54 bits per heavy atom. The summed E-state index contributed by atoms with van der Waals surface area (Å²) in [6.07, 6.45) is 0. The third-order valence-corrected chi connectivity index (χ3v) is 1.32. The van der Waals surface area contributed by atoms with Crippen LogP contribution in [0.1, 0.15) is 0 Å². The molecule has 13 heavy (non-hydrogen) atoms. The van der Waals surface area contributed by atoms with Gasteiger partial charge in [-0.1, -0.05) is 0 Å². The first kappa shape index (κ1) is 12.3. The highest BCUT2D eigenvalue weighted by Crippen LogP contribution is 1.80. The van der Waals surface area contributed by atoms with Crippen LogP contribution >= 0.6 is 0 Å². The molecule has 0 aromatic rings. The molecule has 78 valence electrons. The van der Waals surface area contributed by atoms with Gasteiger partial charge >= 0.3 is 5.97 Å². The van der Waals surface area contributed by atoms with Crippen molar-refractivity contribution in [3.8, 4) is 0 Å². The molecule has 0 fully saturated rings. The Balaban J connectivity index is 2.95. The van der Waals surface area contributed by atoms with Crippen molar-refractivity contribution in [3.63, 3.8) is 0 Å². The predicted octanol–water partition coefficient (Wildman–Crippen LogP) is -0.588. The van der Waals surface area contributed by atoms with Crippen LogP contribution in [0.4, 0.5) is 0 Å². The summed E-state index contributed by atoms with van der Waals surface area (Å²) >= 11 is 0. The molecule has 0 aliphatic carbocycles. The Morgan fingerprint density at radius 2 is 1.92 bits per heavy atom. The monoisotopic (exact) mass is 191 g/mol. The zero-order valence-corrected chi connectivity index (χ0v) is 8.17. The second kappa shape index (κ2) is 9.44. The zero-order chi connectivity index (χ0) is 9.94. The van der Waals surface area contributed by atoms with Gasteiger partial charge in [-0.25, -0.2) is 4.79 Å². The summed E-state index contributed by atoms with van der Waals surface area (Å²) in [4.78, 5) is 10.5. The minimum absolute atomic E-state index is 0.00805. The lowest BCUT2D eigenvalue weighted by molar-refractivity contribution is -0.146. The van der Waals surface area contributed by atoms with Gasteiger partial charge in [0.1, 0.15) is 6.61 Å². The Labute approximate surface area is 78.3 Å². The molecule has 0 aliphatic heterocycles. The lowest BCUT2D eigenvalue weighted by Gasteiger charge is -2.04. The van der Waals surface area contributed by atoms with Crippen molar-refractivity contribution in [2.75, 3.05) is 47.1 Å². The number of carbonyl (C=O) groups is 1. The molecule has 0 aliphatic rings. The van der Waals surface area contributed by atoms with Crippen LogP contribution in [0.25, 0.3) is 0 Å². The van der Waals surface area contributed by atoms with Gasteiger partial charge in [0.15, 0.2) is 0 Å². The van der Waals surface area contributed by atoms with Crippen LogP contribution in [0, 0.1) is 0 Å². The largest absolute Gasteiger partial charge is 0.467 e. The molecule has 0 amide bonds. The number of nitrogens with one attached hydrogen (secondary N) is 1. The summed E-state index contributed by atoms with van der Waals surface area (Å²) in [7, 11) is 3.19. The molecule has 0 aromatic heterocycles. The van der Waals surface area contributed by atoms with Gasteiger partial charge in [0.25, 0.3) is 0 Å². The standard InChI is InChI=1S/C8H17NO4/c1-9-3-4-12-5-6-13-7-8(10)11-2/h9H,3-7H2,1-2H3. The van der Waals surface area contributed by atoms with E-state index in [4.69, 9.17) is 9.47 Å². The molecule has 0 saturated heterocycles. The lowest BCUT2D eigenvalue weighted by atomic mass is 10.6. The summed E-state index contributed by atoms with van der Waals surface area (Å²) < 4.78 is 14.5. The number of carbonyl (C=O) groups excluding carboxylic acids is 1. The SMILES string of the molecule is CNCCOCCOCC(=O)OC. The molecule has 0 atom stereocenters. The van der Waals surface area contributed by atoms with Gasteiger partial charge in [-0.05, 0) is 7.05 Å². The summed E-state index contributed by atoms with van der Waals surface area (Å²) in [5.74, 6) is -0.366. The van der Waals surface area contributed by atoms with E-state index in [9.17, 15) is 4.79 Å². The smallest absolute Gasteiger partial charge is 0.331 e. The van der Waals surface area contributed by atoms with E-state index in [1.807, 2.05) is 7.05 Å². The van der Waals surface area contributed by atoms with Gasteiger partial charge in [-0.2, -0.15) is 0 Å². The second-order valence-corrected chi connectivity index (χ2v) is 2.34. The first-order chi connectivity index (χ1) is 6.31. The fourth-order valence-electron chi connectivity index (χ4n) is 0.609. The minimum Gasteiger partial charge on any atom is -0.467 e. The Bertz CT molecular complexity index is 129. The molecule has 0 aromatic carbocycles. The fourth-order valence-corrected chi connectivity index (χ4v) is 0.609. The number of likely N-dealkylation sites (N-methyl/N-ethyl adjacent to an activating group) is 1. The molecule has 0 radical (unpaired) electrons. The maximum Gasteiger partial charge on any atom is 0.331 e. The number of methoxy groups -OCH3 is 1. The average Bonchev–Trinajstić information content (AvgIpc) is 2.16. The third-order valence-electron chi connectivity index (χ3n) is 1.32. The summed E-state index contributed by atoms with van der Waals surface area (Å²) in [6, 6.07) is 0. The number of ether oxygens (including phenoxy) is 3. The quantitative estimate of drug-likeness (QED) is 0.410. The molecule has 0 rings (SSSR count). The molecule has 1 N–H and O–H groups in total. The van der Waals surface area contributed by atoms with Gasteiger partial charge in [0.05, 0.1) is 26.9 Å². The second-order valence-electron chi connectivity index (χ2n) is 2.34. The van der Waals surface area contributed by atoms with Crippen molar-refractivity contribution in [3.05, 3.63) is 0 Å². The van der Waals surface area contributed by atoms with Gasteiger partial charge < -0.3 is 19.5 Å². The van der Waals surface area contributed by atoms with Crippen LogP contribution in [-0.4, -0.2) is 53.1 Å². The Hall–Kier alpha value is -0.650. The average molecular weight is 191 g/mol. The molecular weight excluding hydrogens is 174 g/mol. The maximum atomic E-state index is 10.5. The molecule has 0 saturated carbocycles. The van der Waals surface area contributed by atoms with Crippen LogP contribution in [0.3, 0.4) is 0 Å². The number of esters is 1. The van der Waals surface area contributed by atoms with E-state index in [2.05, 4.69) is 10.1 Å². The van der Waals surface area contributed by atoms with Crippen LogP contribution < -0.4 is 5.32 Å². The van der Waals surface area contributed by atoms with Crippen molar-refractivity contribution in [1.29, 1.82) is 0 Å². The van der Waals surface area contributed by atoms with E-state index < -0.39 is 0 Å². The number of rotatable bonds is 8. The normalized spacial score (nSPS) is 10.0. The highest BCUT2D eigenvalue weighted by Gasteiger charge is 1.98. The number of hydrogen-bond donors (Lipinski definition) is 1. The van der Waals surface area contributed by atoms with Crippen LogP contribution in [-0.2, 0) is 19.0 Å². The lowest BCUT2D eigenvalue weighted by Crippen LogP contribution is -2.17. The summed E-state index contributed by atoms with van der Waals surface area (Å²) in [5, 5.41) is 2.95. The summed E-state index contributed by atoms with van der Waals surface area (Å²) in [6.45, 7) is 2.37. The molecule has 5 nitrogen and oxygen atoms in total. The highest BCUT2D eigenvalue weighted by molar-refractivity contribution is 5.70. The molecule has 5 heteroatoms. The van der Waals surface area contributed by atoms with Crippen molar-refractivity contribution in [2.45, 2.75) is 0 Å². The van der Waals surface area contributed by atoms with E-state index in [0.29, 0.717) is 19.8 Å². The third kappa shape index (κ3) is 9.26. The molecule has 0 bridgehead atoms. The zero-order valence-electron chi connectivity index (χ0n) is 8.17. The number of hydrogen-bond acceptors (Lipinski definition) is 5. The van der Waals surface area contributed by atoms with Gasteiger partial charge in [0, 0.05) is 6.54 Å². The van der Waals surface area contributed by atoms with Crippen LogP contribution in [0.15, 0.2) is 0 Å². The fraction of sp³-hybridized carbons (Fsp3) is 0.875. The van der Waals surface area contributed by atoms with Gasteiger partial charge in [-0.3, -0.25) is 0 Å². The summed E-state index contributed by atoms with van der Waals surface area (Å²) in [5.41, 5.74) is 0. The van der Waals surface area contributed by atoms with Crippen LogP contribution in [0.5, 0.6) is 0 Å². The van der Waals surface area contributed by atoms with Crippen molar-refractivity contribution in [1.82, 2.24) is 5.32 Å². The first-order valence-electron chi connectivity index (χ1n) is 4.18. The molecule has 0 spiro atoms.